The zero-order valence-electron chi connectivity index (χ0n) is 14.4. The van der Waals surface area contributed by atoms with Crippen molar-refractivity contribution in [1.82, 2.24) is 0 Å². The van der Waals surface area contributed by atoms with Gasteiger partial charge in [-0.25, -0.2) is 12.6 Å². The van der Waals surface area contributed by atoms with Crippen LogP contribution in [0.15, 0.2) is 97.3 Å². The van der Waals surface area contributed by atoms with Crippen molar-refractivity contribution in [3.05, 3.63) is 78.4 Å². The van der Waals surface area contributed by atoms with Gasteiger partial charge in [-0.2, -0.15) is 0 Å². The van der Waals surface area contributed by atoms with Gasteiger partial charge in [-0.3, -0.25) is 0 Å². The van der Waals surface area contributed by atoms with Crippen LogP contribution in [0.4, 0.5) is 0 Å². The Morgan fingerprint density at radius 1 is 0.731 bits per heavy atom. The molecule has 26 heavy (non-hydrogen) atoms. The number of rotatable bonds is 5. The number of hydrogen-bond acceptors (Lipinski definition) is 4. The van der Waals surface area contributed by atoms with Gasteiger partial charge in [0.05, 0.1) is 20.6 Å². The highest BCUT2D eigenvalue weighted by Gasteiger charge is 2.18. The SMILES string of the molecule is CSc1ccc(S(=O)c2ccc(S(=O)(=O)c3ccc(C)cc3)cc2)cc1. The summed E-state index contributed by atoms with van der Waals surface area (Å²) < 4.78 is 38.0. The highest BCUT2D eigenvalue weighted by atomic mass is 32.2. The lowest BCUT2D eigenvalue weighted by molar-refractivity contribution is 0.596. The number of hydrogen-bond donors (Lipinski definition) is 0. The van der Waals surface area contributed by atoms with Crippen molar-refractivity contribution in [1.29, 1.82) is 0 Å². The first-order chi connectivity index (χ1) is 12.4. The maximum atomic E-state index is 12.7. The first-order valence-corrected chi connectivity index (χ1v) is 11.8. The van der Waals surface area contributed by atoms with Crippen molar-refractivity contribution < 1.29 is 12.6 Å². The molecule has 6 heteroatoms. The maximum Gasteiger partial charge on any atom is 0.206 e. The van der Waals surface area contributed by atoms with Crippen LogP contribution in [0.1, 0.15) is 5.56 Å². The van der Waals surface area contributed by atoms with Crippen LogP contribution in [0, 0.1) is 6.92 Å². The minimum Gasteiger partial charge on any atom is -0.249 e. The molecule has 0 spiro atoms. The molecule has 0 saturated heterocycles. The van der Waals surface area contributed by atoms with Crippen LogP contribution in [-0.4, -0.2) is 18.9 Å². The van der Waals surface area contributed by atoms with E-state index in [1.807, 2.05) is 37.4 Å². The third kappa shape index (κ3) is 3.92. The molecule has 0 heterocycles. The average molecular weight is 403 g/mol. The second kappa shape index (κ2) is 7.78. The molecule has 0 aromatic heterocycles. The fourth-order valence-corrected chi connectivity index (χ4v) is 5.14. The predicted octanol–water partition coefficient (Wildman–Crippen LogP) is 4.72. The second-order valence-electron chi connectivity index (χ2n) is 5.73. The molecular weight excluding hydrogens is 384 g/mol. The lowest BCUT2D eigenvalue weighted by atomic mass is 10.2. The Morgan fingerprint density at radius 2 is 1.15 bits per heavy atom. The van der Waals surface area contributed by atoms with Crippen LogP contribution in [0.25, 0.3) is 0 Å². The van der Waals surface area contributed by atoms with E-state index in [2.05, 4.69) is 0 Å². The van der Waals surface area contributed by atoms with Crippen LogP contribution in [0.3, 0.4) is 0 Å². The summed E-state index contributed by atoms with van der Waals surface area (Å²) in [6.45, 7) is 1.91. The Labute approximate surface area is 160 Å². The Morgan fingerprint density at radius 3 is 1.62 bits per heavy atom. The molecule has 3 rings (SSSR count). The Hall–Kier alpha value is -1.89. The van der Waals surface area contributed by atoms with E-state index in [4.69, 9.17) is 0 Å². The van der Waals surface area contributed by atoms with Gasteiger partial charge in [-0.05, 0) is 73.8 Å². The number of sulfone groups is 1. The summed E-state index contributed by atoms with van der Waals surface area (Å²) in [5.74, 6) is 0. The molecule has 0 aliphatic carbocycles. The first kappa shape index (κ1) is 18.9. The summed E-state index contributed by atoms with van der Waals surface area (Å²) in [7, 11) is -4.92. The van der Waals surface area contributed by atoms with Gasteiger partial charge in [0.1, 0.15) is 0 Å². The lowest BCUT2D eigenvalue weighted by Gasteiger charge is -2.07. The van der Waals surface area contributed by atoms with Crippen molar-refractivity contribution in [2.75, 3.05) is 6.26 Å². The standard InChI is InChI=1S/C20H18O3S3/c1-15-3-11-19(12-4-15)26(22,23)20-13-9-18(10-14-20)25(21)17-7-5-16(24-2)6-8-17/h3-14H,1-2H3. The van der Waals surface area contributed by atoms with E-state index in [0.29, 0.717) is 9.79 Å². The van der Waals surface area contributed by atoms with Gasteiger partial charge in [-0.1, -0.05) is 17.7 Å². The summed E-state index contributed by atoms with van der Waals surface area (Å²) in [4.78, 5) is 2.82. The summed E-state index contributed by atoms with van der Waals surface area (Å²) >= 11 is 1.62. The summed E-state index contributed by atoms with van der Waals surface area (Å²) in [5, 5.41) is 0. The van der Waals surface area contributed by atoms with E-state index in [1.165, 1.54) is 12.1 Å². The summed E-state index contributed by atoms with van der Waals surface area (Å²) in [6, 6.07) is 20.5. The molecular formula is C20H18O3S3. The van der Waals surface area contributed by atoms with E-state index in [-0.39, 0.29) is 9.79 Å². The van der Waals surface area contributed by atoms with Gasteiger partial charge in [0.25, 0.3) is 0 Å². The molecule has 0 radical (unpaired) electrons. The van der Waals surface area contributed by atoms with Gasteiger partial charge < -0.3 is 0 Å². The highest BCUT2D eigenvalue weighted by molar-refractivity contribution is 7.98. The number of aryl methyl sites for hydroxylation is 1. The van der Waals surface area contributed by atoms with Crippen molar-refractivity contribution in [2.45, 2.75) is 31.4 Å². The number of thioether (sulfide) groups is 1. The van der Waals surface area contributed by atoms with E-state index in [9.17, 15) is 12.6 Å². The normalized spacial score (nSPS) is 12.7. The molecule has 0 amide bonds. The fraction of sp³-hybridized carbons (Fsp3) is 0.100. The Balaban J connectivity index is 1.87. The Bertz CT molecular complexity index is 1020. The van der Waals surface area contributed by atoms with Crippen molar-refractivity contribution in [3.63, 3.8) is 0 Å². The zero-order chi connectivity index (χ0) is 18.7. The Kier molecular flexibility index (Phi) is 5.65. The van der Waals surface area contributed by atoms with Crippen molar-refractivity contribution in [2.24, 2.45) is 0 Å². The molecule has 0 saturated carbocycles. The van der Waals surface area contributed by atoms with Gasteiger partial charge in [0, 0.05) is 14.7 Å². The minimum absolute atomic E-state index is 0.194. The van der Waals surface area contributed by atoms with Crippen LogP contribution < -0.4 is 0 Å². The lowest BCUT2D eigenvalue weighted by Crippen LogP contribution is -2.02. The molecule has 1 atom stereocenters. The molecule has 3 nitrogen and oxygen atoms in total. The van der Waals surface area contributed by atoms with Crippen LogP contribution >= 0.6 is 11.8 Å². The number of benzene rings is 3. The molecule has 0 aliphatic rings. The third-order valence-electron chi connectivity index (χ3n) is 3.95. The molecule has 0 fully saturated rings. The molecule has 0 N–H and O–H groups in total. The fourth-order valence-electron chi connectivity index (χ4n) is 2.43. The van der Waals surface area contributed by atoms with Gasteiger partial charge in [0.2, 0.25) is 9.84 Å². The quantitative estimate of drug-likeness (QED) is 0.580. The summed E-state index contributed by atoms with van der Waals surface area (Å²) in [5.41, 5.74) is 1.00. The van der Waals surface area contributed by atoms with E-state index >= 15 is 0 Å². The second-order valence-corrected chi connectivity index (χ2v) is 10.0. The maximum absolute atomic E-state index is 12.7. The van der Waals surface area contributed by atoms with Crippen LogP contribution in [0.5, 0.6) is 0 Å². The third-order valence-corrected chi connectivity index (χ3v) is 7.88. The zero-order valence-corrected chi connectivity index (χ0v) is 16.8. The highest BCUT2D eigenvalue weighted by Crippen LogP contribution is 2.24. The molecule has 134 valence electrons. The minimum atomic E-state index is -3.57. The smallest absolute Gasteiger partial charge is 0.206 e. The molecule has 0 bridgehead atoms. The van der Waals surface area contributed by atoms with Gasteiger partial charge in [-0.15, -0.1) is 11.8 Å². The van der Waals surface area contributed by atoms with Crippen LogP contribution in [0.2, 0.25) is 0 Å². The molecule has 3 aromatic carbocycles. The average Bonchev–Trinajstić information content (AvgIpc) is 2.68. The predicted molar refractivity (Wildman–Crippen MR) is 106 cm³/mol. The van der Waals surface area contributed by atoms with Gasteiger partial charge in [0.15, 0.2) is 0 Å². The largest absolute Gasteiger partial charge is 0.249 e. The van der Waals surface area contributed by atoms with Crippen LogP contribution in [-0.2, 0) is 20.6 Å². The molecule has 1 unspecified atom stereocenters. The van der Waals surface area contributed by atoms with E-state index in [1.54, 1.807) is 48.2 Å². The summed E-state index contributed by atoms with van der Waals surface area (Å²) in [6.07, 6.45) is 1.99. The van der Waals surface area contributed by atoms with E-state index < -0.39 is 20.6 Å². The van der Waals surface area contributed by atoms with E-state index in [0.717, 1.165) is 10.5 Å². The topological polar surface area (TPSA) is 51.2 Å². The van der Waals surface area contributed by atoms with Crippen molar-refractivity contribution in [3.8, 4) is 0 Å². The first-order valence-electron chi connectivity index (χ1n) is 7.89. The molecule has 3 aromatic rings. The molecule has 0 aliphatic heterocycles. The van der Waals surface area contributed by atoms with Gasteiger partial charge >= 0.3 is 0 Å². The van der Waals surface area contributed by atoms with Crippen molar-refractivity contribution >= 4 is 32.4 Å². The monoisotopic (exact) mass is 402 g/mol.